The molecule has 0 saturated carbocycles. The number of carbonyl (C=O) groups is 1. The highest BCUT2D eigenvalue weighted by Gasteiger charge is 2.43. The molecule has 1 atom stereocenters. The van der Waals surface area contributed by atoms with Gasteiger partial charge in [-0.2, -0.15) is 0 Å². The second-order valence-electron chi connectivity index (χ2n) is 6.31. The zero-order chi connectivity index (χ0) is 18.4. The lowest BCUT2D eigenvalue weighted by Gasteiger charge is -2.24. The average molecular weight is 345 g/mol. The third-order valence-electron chi connectivity index (χ3n) is 4.54. The van der Waals surface area contributed by atoms with Crippen LogP contribution in [0.2, 0.25) is 0 Å². The van der Waals surface area contributed by atoms with E-state index in [-0.39, 0.29) is 5.97 Å². The molecule has 0 heterocycles. The van der Waals surface area contributed by atoms with Crippen molar-refractivity contribution in [3.8, 4) is 0 Å². The molecule has 2 aromatic rings. The summed E-state index contributed by atoms with van der Waals surface area (Å²) < 4.78 is 5.38. The van der Waals surface area contributed by atoms with Gasteiger partial charge in [-0.15, -0.1) is 0 Å². The number of rotatable bonds is 6. The van der Waals surface area contributed by atoms with Gasteiger partial charge in [-0.3, -0.25) is 4.99 Å². The molecular formula is C23H23NO2. The Balaban J connectivity index is 2.12. The van der Waals surface area contributed by atoms with Crippen molar-refractivity contribution in [2.75, 3.05) is 6.61 Å². The minimum Gasteiger partial charge on any atom is -0.464 e. The van der Waals surface area contributed by atoms with E-state index in [0.717, 1.165) is 22.4 Å². The Morgan fingerprint density at radius 3 is 2.15 bits per heavy atom. The molecule has 132 valence electrons. The van der Waals surface area contributed by atoms with Gasteiger partial charge in [0.1, 0.15) is 0 Å². The zero-order valence-electron chi connectivity index (χ0n) is 15.0. The van der Waals surface area contributed by atoms with Crippen LogP contribution in [0.25, 0.3) is 0 Å². The molecule has 26 heavy (non-hydrogen) atoms. The lowest BCUT2D eigenvalue weighted by atomic mass is 9.93. The maximum atomic E-state index is 12.8. The molecule has 3 nitrogen and oxygen atoms in total. The largest absolute Gasteiger partial charge is 0.464 e. The third kappa shape index (κ3) is 3.67. The molecule has 1 aliphatic rings. The summed E-state index contributed by atoms with van der Waals surface area (Å²) >= 11 is 0. The SMILES string of the molecule is C=CC1=CCC(N=C(c2ccccc2)c2ccccc2)(C(=O)OCC)C1. The molecule has 0 aliphatic heterocycles. The normalized spacial score (nSPS) is 18.7. The Morgan fingerprint density at radius 1 is 1.12 bits per heavy atom. The summed E-state index contributed by atoms with van der Waals surface area (Å²) in [6, 6.07) is 19.9. The number of allylic oxidation sites excluding steroid dienone is 1. The van der Waals surface area contributed by atoms with Gasteiger partial charge in [0.05, 0.1) is 12.3 Å². The number of benzene rings is 2. The van der Waals surface area contributed by atoms with Crippen molar-refractivity contribution in [3.05, 3.63) is 96.1 Å². The number of carbonyl (C=O) groups excluding carboxylic acids is 1. The lowest BCUT2D eigenvalue weighted by molar-refractivity contribution is -0.149. The molecular weight excluding hydrogens is 322 g/mol. The van der Waals surface area contributed by atoms with Crippen LogP contribution in [-0.4, -0.2) is 23.8 Å². The van der Waals surface area contributed by atoms with Crippen molar-refractivity contribution in [3.63, 3.8) is 0 Å². The van der Waals surface area contributed by atoms with Crippen molar-refractivity contribution in [2.24, 2.45) is 4.99 Å². The smallest absolute Gasteiger partial charge is 0.334 e. The van der Waals surface area contributed by atoms with Gasteiger partial charge in [-0.1, -0.05) is 79.4 Å². The second kappa shape index (κ2) is 7.96. The van der Waals surface area contributed by atoms with E-state index in [0.29, 0.717) is 19.4 Å². The topological polar surface area (TPSA) is 38.7 Å². The van der Waals surface area contributed by atoms with Gasteiger partial charge in [-0.25, -0.2) is 4.79 Å². The van der Waals surface area contributed by atoms with Crippen molar-refractivity contribution < 1.29 is 9.53 Å². The van der Waals surface area contributed by atoms with Crippen LogP contribution < -0.4 is 0 Å². The van der Waals surface area contributed by atoms with Gasteiger partial charge < -0.3 is 4.74 Å². The first-order valence-electron chi connectivity index (χ1n) is 8.88. The number of aliphatic imine (C=N–C) groups is 1. The van der Waals surface area contributed by atoms with Gasteiger partial charge in [0.2, 0.25) is 0 Å². The quantitative estimate of drug-likeness (QED) is 0.561. The maximum Gasteiger partial charge on any atom is 0.334 e. The van der Waals surface area contributed by atoms with E-state index in [9.17, 15) is 4.79 Å². The molecule has 0 fully saturated rings. The molecule has 2 aromatic carbocycles. The van der Waals surface area contributed by atoms with E-state index in [2.05, 4.69) is 6.58 Å². The van der Waals surface area contributed by atoms with Gasteiger partial charge in [0.25, 0.3) is 0 Å². The predicted octanol–water partition coefficient (Wildman–Crippen LogP) is 4.73. The zero-order valence-corrected chi connectivity index (χ0v) is 15.0. The molecule has 0 saturated heterocycles. The van der Waals surface area contributed by atoms with Crippen molar-refractivity contribution in [1.82, 2.24) is 0 Å². The highest BCUT2D eigenvalue weighted by molar-refractivity contribution is 6.14. The Hall–Kier alpha value is -2.94. The van der Waals surface area contributed by atoms with Crippen LogP contribution in [0, 0.1) is 0 Å². The summed E-state index contributed by atoms with van der Waals surface area (Å²) in [6.07, 6.45) is 4.86. The molecule has 1 aliphatic carbocycles. The van der Waals surface area contributed by atoms with E-state index in [1.165, 1.54) is 0 Å². The first kappa shape index (κ1) is 17.9. The van der Waals surface area contributed by atoms with E-state index in [1.54, 1.807) is 6.08 Å². The van der Waals surface area contributed by atoms with Crippen molar-refractivity contribution >= 4 is 11.7 Å². The Bertz CT molecular complexity index is 796. The Kier molecular flexibility index (Phi) is 5.47. The first-order valence-corrected chi connectivity index (χ1v) is 8.88. The van der Waals surface area contributed by atoms with E-state index >= 15 is 0 Å². The van der Waals surface area contributed by atoms with Crippen LogP contribution in [-0.2, 0) is 9.53 Å². The fourth-order valence-corrected chi connectivity index (χ4v) is 3.19. The van der Waals surface area contributed by atoms with Gasteiger partial charge in [0, 0.05) is 24.0 Å². The number of nitrogens with zero attached hydrogens (tertiary/aromatic N) is 1. The summed E-state index contributed by atoms with van der Waals surface area (Å²) in [5.74, 6) is -0.280. The molecule has 3 heteroatoms. The van der Waals surface area contributed by atoms with Crippen LogP contribution in [0.4, 0.5) is 0 Å². The molecule has 0 bridgehead atoms. The summed E-state index contributed by atoms with van der Waals surface area (Å²) in [6.45, 7) is 6.00. The monoisotopic (exact) mass is 345 g/mol. The lowest BCUT2D eigenvalue weighted by Crippen LogP contribution is -2.37. The summed E-state index contributed by atoms with van der Waals surface area (Å²) in [4.78, 5) is 17.8. The summed E-state index contributed by atoms with van der Waals surface area (Å²) in [7, 11) is 0. The molecule has 0 N–H and O–H groups in total. The van der Waals surface area contributed by atoms with Crippen LogP contribution >= 0.6 is 0 Å². The maximum absolute atomic E-state index is 12.8. The fraction of sp³-hybridized carbons (Fsp3) is 0.217. The molecule has 0 amide bonds. The van der Waals surface area contributed by atoms with Crippen LogP contribution in [0.3, 0.4) is 0 Å². The van der Waals surface area contributed by atoms with Crippen LogP contribution in [0.5, 0.6) is 0 Å². The highest BCUT2D eigenvalue weighted by atomic mass is 16.5. The third-order valence-corrected chi connectivity index (χ3v) is 4.54. The summed E-state index contributed by atoms with van der Waals surface area (Å²) in [5, 5.41) is 0. The van der Waals surface area contributed by atoms with Gasteiger partial charge >= 0.3 is 5.97 Å². The van der Waals surface area contributed by atoms with Crippen LogP contribution in [0.1, 0.15) is 30.9 Å². The number of hydrogen-bond acceptors (Lipinski definition) is 3. The van der Waals surface area contributed by atoms with Gasteiger partial charge in [0.15, 0.2) is 5.54 Å². The second-order valence-corrected chi connectivity index (χ2v) is 6.31. The molecule has 0 radical (unpaired) electrons. The summed E-state index contributed by atoms with van der Waals surface area (Å²) in [5.41, 5.74) is 2.87. The number of hydrogen-bond donors (Lipinski definition) is 0. The minimum atomic E-state index is -0.930. The van der Waals surface area contributed by atoms with E-state index in [4.69, 9.17) is 9.73 Å². The predicted molar refractivity (Wildman–Crippen MR) is 105 cm³/mol. The minimum absolute atomic E-state index is 0.280. The standard InChI is InChI=1S/C23H23NO2/c1-3-18-15-16-23(17-18,22(25)26-4-2)24-21(19-11-7-5-8-12-19)20-13-9-6-10-14-20/h3,5-15H,1,4,16-17H2,2H3. The van der Waals surface area contributed by atoms with Crippen LogP contribution in [0.15, 0.2) is 90.0 Å². The van der Waals surface area contributed by atoms with E-state index in [1.807, 2.05) is 73.7 Å². The average Bonchev–Trinajstić information content (AvgIpc) is 3.12. The Morgan fingerprint density at radius 2 is 1.69 bits per heavy atom. The van der Waals surface area contributed by atoms with Gasteiger partial charge in [-0.05, 0) is 12.5 Å². The first-order chi connectivity index (χ1) is 12.7. The molecule has 3 rings (SSSR count). The number of esters is 1. The van der Waals surface area contributed by atoms with E-state index < -0.39 is 5.54 Å². The highest BCUT2D eigenvalue weighted by Crippen LogP contribution is 2.36. The van der Waals surface area contributed by atoms with Crippen molar-refractivity contribution in [1.29, 1.82) is 0 Å². The van der Waals surface area contributed by atoms with Crippen molar-refractivity contribution in [2.45, 2.75) is 25.3 Å². The molecule has 1 unspecified atom stereocenters. The molecule has 0 aromatic heterocycles. The number of ether oxygens (including phenoxy) is 1. The molecule has 0 spiro atoms. The Labute approximate surface area is 154 Å². The fourth-order valence-electron chi connectivity index (χ4n) is 3.19.